The summed E-state index contributed by atoms with van der Waals surface area (Å²) in [4.78, 5) is 21.8. The van der Waals surface area contributed by atoms with E-state index in [-0.39, 0.29) is 12.4 Å². The van der Waals surface area contributed by atoms with Gasteiger partial charge in [-0.2, -0.15) is 0 Å². The number of hydrogen-bond acceptors (Lipinski definition) is 5. The molecule has 5 nitrogen and oxygen atoms in total. The van der Waals surface area contributed by atoms with Gasteiger partial charge in [-0.15, -0.1) is 0 Å². The van der Waals surface area contributed by atoms with Gasteiger partial charge in [0.05, 0.1) is 6.61 Å². The summed E-state index contributed by atoms with van der Waals surface area (Å²) in [6, 6.07) is 0. The molecule has 2 atom stereocenters. The minimum Gasteiger partial charge on any atom is -0.435 e. The molecule has 0 aromatic heterocycles. The van der Waals surface area contributed by atoms with Crippen molar-refractivity contribution in [1.82, 2.24) is 0 Å². The number of carbonyl (C=O) groups is 2. The molecule has 1 rings (SSSR count). The average Bonchev–Trinajstić information content (AvgIpc) is 2.12. The first kappa shape index (κ1) is 10.7. The maximum absolute atomic E-state index is 11.0. The Labute approximate surface area is 81.6 Å². The van der Waals surface area contributed by atoms with Crippen molar-refractivity contribution in [2.24, 2.45) is 0 Å². The van der Waals surface area contributed by atoms with Crippen LogP contribution in [0.5, 0.6) is 0 Å². The van der Waals surface area contributed by atoms with Crippen LogP contribution in [-0.2, 0) is 19.0 Å². The summed E-state index contributed by atoms with van der Waals surface area (Å²) in [6.45, 7) is 3.50. The molecule has 0 saturated heterocycles. The first-order valence-corrected chi connectivity index (χ1v) is 4.34. The van der Waals surface area contributed by atoms with Gasteiger partial charge in [0.1, 0.15) is 6.10 Å². The van der Waals surface area contributed by atoms with E-state index in [1.54, 1.807) is 13.8 Å². The second kappa shape index (κ2) is 4.76. The van der Waals surface area contributed by atoms with Crippen LogP contribution >= 0.6 is 0 Å². The van der Waals surface area contributed by atoms with Gasteiger partial charge in [0.15, 0.2) is 5.78 Å². The molecule has 0 spiro atoms. The van der Waals surface area contributed by atoms with Gasteiger partial charge in [0, 0.05) is 0 Å². The molecule has 78 valence electrons. The minimum absolute atomic E-state index is 0.145. The molecule has 0 aromatic rings. The molecule has 0 radical (unpaired) electrons. The van der Waals surface area contributed by atoms with E-state index in [0.29, 0.717) is 0 Å². The summed E-state index contributed by atoms with van der Waals surface area (Å²) in [5.41, 5.74) is 0. The van der Waals surface area contributed by atoms with Crippen molar-refractivity contribution < 1.29 is 23.8 Å². The van der Waals surface area contributed by atoms with Crippen LogP contribution in [-0.4, -0.2) is 30.9 Å². The summed E-state index contributed by atoms with van der Waals surface area (Å²) in [7, 11) is 0. The van der Waals surface area contributed by atoms with E-state index in [4.69, 9.17) is 9.47 Å². The molecule has 0 aliphatic carbocycles. The van der Waals surface area contributed by atoms with Gasteiger partial charge in [0.25, 0.3) is 0 Å². The highest BCUT2D eigenvalue weighted by molar-refractivity contribution is 5.93. The van der Waals surface area contributed by atoms with E-state index in [2.05, 4.69) is 4.74 Å². The third-order valence-electron chi connectivity index (χ3n) is 1.63. The van der Waals surface area contributed by atoms with E-state index < -0.39 is 18.5 Å². The Morgan fingerprint density at radius 3 is 2.93 bits per heavy atom. The fraction of sp³-hybridized carbons (Fsp3) is 0.556. The van der Waals surface area contributed by atoms with Crippen molar-refractivity contribution in [3.63, 3.8) is 0 Å². The molecule has 0 aromatic carbocycles. The fourth-order valence-electron chi connectivity index (χ4n) is 0.936. The predicted molar refractivity (Wildman–Crippen MR) is 46.6 cm³/mol. The van der Waals surface area contributed by atoms with Crippen LogP contribution in [0.15, 0.2) is 12.2 Å². The third-order valence-corrected chi connectivity index (χ3v) is 1.63. The predicted octanol–water partition coefficient (Wildman–Crippen LogP) is 1.03. The summed E-state index contributed by atoms with van der Waals surface area (Å²) >= 11 is 0. The van der Waals surface area contributed by atoms with Gasteiger partial charge >= 0.3 is 6.16 Å². The molecular formula is C9H12O5. The van der Waals surface area contributed by atoms with Gasteiger partial charge < -0.3 is 14.2 Å². The van der Waals surface area contributed by atoms with Crippen LogP contribution in [0.1, 0.15) is 13.8 Å². The van der Waals surface area contributed by atoms with Crippen LogP contribution < -0.4 is 0 Å². The Bertz CT molecular complexity index is 258. The van der Waals surface area contributed by atoms with Gasteiger partial charge in [-0.1, -0.05) is 0 Å². The molecule has 5 heteroatoms. The van der Waals surface area contributed by atoms with E-state index >= 15 is 0 Å². The molecule has 0 N–H and O–H groups in total. The second-order valence-corrected chi connectivity index (χ2v) is 2.71. The summed E-state index contributed by atoms with van der Waals surface area (Å²) in [5, 5.41) is 0. The molecule has 1 aliphatic rings. The largest absolute Gasteiger partial charge is 0.510 e. The minimum atomic E-state index is -0.832. The zero-order chi connectivity index (χ0) is 10.6. The Hall–Kier alpha value is -1.36. The lowest BCUT2D eigenvalue weighted by molar-refractivity contribution is -0.150. The molecular weight excluding hydrogens is 188 g/mol. The van der Waals surface area contributed by atoms with E-state index in [1.807, 2.05) is 0 Å². The van der Waals surface area contributed by atoms with Crippen LogP contribution in [0.2, 0.25) is 0 Å². The van der Waals surface area contributed by atoms with E-state index in [9.17, 15) is 9.59 Å². The maximum atomic E-state index is 11.0. The Morgan fingerprint density at radius 1 is 1.64 bits per heavy atom. The van der Waals surface area contributed by atoms with E-state index in [0.717, 1.165) is 0 Å². The summed E-state index contributed by atoms with van der Waals surface area (Å²) < 4.78 is 14.3. The molecule has 0 bridgehead atoms. The zero-order valence-electron chi connectivity index (χ0n) is 8.06. The molecule has 1 heterocycles. The number of ether oxygens (including phenoxy) is 3. The molecule has 1 aliphatic heterocycles. The smallest absolute Gasteiger partial charge is 0.435 e. The molecule has 14 heavy (non-hydrogen) atoms. The SMILES string of the molecule is CCOC(=O)OC1C=CC(=O)C(C)O1. The fourth-order valence-corrected chi connectivity index (χ4v) is 0.936. The van der Waals surface area contributed by atoms with Gasteiger partial charge in [-0.25, -0.2) is 4.79 Å². The standard InChI is InChI=1S/C9H12O5/c1-3-12-9(11)14-8-5-4-7(10)6(2)13-8/h4-6,8H,3H2,1-2H3. The first-order chi connectivity index (χ1) is 6.63. The quantitative estimate of drug-likeness (QED) is 0.623. The van der Waals surface area contributed by atoms with Crippen LogP contribution in [0.4, 0.5) is 4.79 Å². The van der Waals surface area contributed by atoms with Crippen molar-refractivity contribution in [2.75, 3.05) is 6.61 Å². The lowest BCUT2D eigenvalue weighted by atomic mass is 10.2. The number of carbonyl (C=O) groups excluding carboxylic acids is 2. The van der Waals surface area contributed by atoms with Crippen molar-refractivity contribution >= 4 is 11.9 Å². The van der Waals surface area contributed by atoms with Crippen molar-refractivity contribution in [3.8, 4) is 0 Å². The Kier molecular flexibility index (Phi) is 3.64. The zero-order valence-corrected chi connectivity index (χ0v) is 8.06. The lowest BCUT2D eigenvalue weighted by Gasteiger charge is -2.21. The molecule has 0 fully saturated rings. The van der Waals surface area contributed by atoms with Crippen molar-refractivity contribution in [2.45, 2.75) is 26.2 Å². The molecule has 2 unspecified atom stereocenters. The van der Waals surface area contributed by atoms with Crippen LogP contribution in [0, 0.1) is 0 Å². The lowest BCUT2D eigenvalue weighted by Crippen LogP contribution is -2.32. The van der Waals surface area contributed by atoms with Crippen molar-refractivity contribution in [3.05, 3.63) is 12.2 Å². The Morgan fingerprint density at radius 2 is 2.36 bits per heavy atom. The number of hydrogen-bond donors (Lipinski definition) is 0. The van der Waals surface area contributed by atoms with Crippen molar-refractivity contribution in [1.29, 1.82) is 0 Å². The van der Waals surface area contributed by atoms with Gasteiger partial charge in [0.2, 0.25) is 6.29 Å². The van der Waals surface area contributed by atoms with Gasteiger partial charge in [-0.05, 0) is 26.0 Å². The van der Waals surface area contributed by atoms with E-state index in [1.165, 1.54) is 12.2 Å². The van der Waals surface area contributed by atoms with Crippen LogP contribution in [0.3, 0.4) is 0 Å². The Balaban J connectivity index is 2.44. The monoisotopic (exact) mass is 200 g/mol. The third kappa shape index (κ3) is 2.85. The first-order valence-electron chi connectivity index (χ1n) is 4.34. The average molecular weight is 200 g/mol. The summed E-state index contributed by atoms with van der Waals surface area (Å²) in [6.07, 6.45) is 0.488. The normalized spacial score (nSPS) is 26.0. The highest BCUT2D eigenvalue weighted by Crippen LogP contribution is 2.10. The number of rotatable bonds is 2. The highest BCUT2D eigenvalue weighted by atomic mass is 16.8. The van der Waals surface area contributed by atoms with Gasteiger partial charge in [-0.3, -0.25) is 4.79 Å². The molecule has 0 saturated carbocycles. The maximum Gasteiger partial charge on any atom is 0.510 e. The number of ketones is 1. The highest BCUT2D eigenvalue weighted by Gasteiger charge is 2.23. The topological polar surface area (TPSA) is 61.8 Å². The summed E-state index contributed by atoms with van der Waals surface area (Å²) in [5.74, 6) is -0.145. The van der Waals surface area contributed by atoms with Crippen LogP contribution in [0.25, 0.3) is 0 Å². The second-order valence-electron chi connectivity index (χ2n) is 2.71. The molecule has 0 amide bonds.